The molecule has 3 aromatic rings. The Hall–Kier alpha value is -4.44. The number of ether oxygens (including phenoxy) is 1. The van der Waals surface area contributed by atoms with E-state index in [0.717, 1.165) is 28.2 Å². The van der Waals surface area contributed by atoms with Crippen LogP contribution in [0.2, 0.25) is 0 Å². The van der Waals surface area contributed by atoms with Crippen molar-refractivity contribution < 1.29 is 24.2 Å². The van der Waals surface area contributed by atoms with Crippen molar-refractivity contribution in [2.45, 2.75) is 36.6 Å². The number of carbonyl (C=O) groups is 3. The molecule has 2 amide bonds. The van der Waals surface area contributed by atoms with Gasteiger partial charge in [0.15, 0.2) is 5.17 Å². The van der Waals surface area contributed by atoms with Crippen molar-refractivity contribution in [3.63, 3.8) is 0 Å². The maximum atomic E-state index is 12.9. The molecular formula is C30H28N4O5S. The number of rotatable bonds is 9. The number of carbonyl (C=O) groups excluding carboxylic acids is 2. The molecule has 2 N–H and O–H groups in total. The Morgan fingerprint density at radius 2 is 1.73 bits per heavy atom. The number of amides is 2. The standard InChI is InChI=1S/C30H28N4O5S/c1-39-22-14-12-20(13-15-22)23-17-25(21-10-6-3-7-11-21)34(33-23)30-32-28(36)26(40-30)18-27(35)31-24(29(37)38)16-19-8-4-2-5-9-19/h2-15,24-26H,16-18H2,1H3,(H,31,35)(H,37,38)/t24-,25-,26+/m1/s1. The van der Waals surface area contributed by atoms with E-state index in [2.05, 4.69) is 10.3 Å². The molecule has 0 bridgehead atoms. The minimum Gasteiger partial charge on any atom is -0.497 e. The van der Waals surface area contributed by atoms with E-state index < -0.39 is 29.1 Å². The minimum absolute atomic E-state index is 0.144. The van der Waals surface area contributed by atoms with Crippen LogP contribution in [0.3, 0.4) is 0 Å². The third kappa shape index (κ3) is 6.23. The second kappa shape index (κ2) is 12.2. The highest BCUT2D eigenvalue weighted by Gasteiger charge is 2.39. The molecule has 9 nitrogen and oxygen atoms in total. The fourth-order valence-electron chi connectivity index (χ4n) is 4.66. The summed E-state index contributed by atoms with van der Waals surface area (Å²) < 4.78 is 5.27. The second-order valence-corrected chi connectivity index (χ2v) is 10.6. The highest BCUT2D eigenvalue weighted by Crippen LogP contribution is 2.38. The van der Waals surface area contributed by atoms with Gasteiger partial charge in [-0.05, 0) is 41.0 Å². The Morgan fingerprint density at radius 1 is 1.05 bits per heavy atom. The van der Waals surface area contributed by atoms with Crippen LogP contribution in [-0.2, 0) is 20.8 Å². The first-order valence-corrected chi connectivity index (χ1v) is 13.7. The average molecular weight is 557 g/mol. The molecule has 204 valence electrons. The Labute approximate surface area is 235 Å². The second-order valence-electron chi connectivity index (χ2n) is 9.44. The third-order valence-electron chi connectivity index (χ3n) is 6.73. The molecular weight excluding hydrogens is 528 g/mol. The van der Waals surface area contributed by atoms with Gasteiger partial charge in [-0.2, -0.15) is 10.1 Å². The molecule has 40 heavy (non-hydrogen) atoms. The quantitative estimate of drug-likeness (QED) is 0.408. The molecule has 2 aliphatic rings. The lowest BCUT2D eigenvalue weighted by molar-refractivity contribution is -0.141. The van der Waals surface area contributed by atoms with Crippen LogP contribution in [0.5, 0.6) is 5.75 Å². The minimum atomic E-state index is -1.14. The molecule has 0 radical (unpaired) electrons. The summed E-state index contributed by atoms with van der Waals surface area (Å²) >= 11 is 1.18. The average Bonchev–Trinajstić information content (AvgIpc) is 3.57. The predicted octanol–water partition coefficient (Wildman–Crippen LogP) is 4.05. The summed E-state index contributed by atoms with van der Waals surface area (Å²) in [4.78, 5) is 41.7. The number of hydrazone groups is 1. The number of hydrogen-bond acceptors (Lipinski definition) is 7. The van der Waals surface area contributed by atoms with Crippen LogP contribution < -0.4 is 10.1 Å². The molecule has 5 rings (SSSR count). The summed E-state index contributed by atoms with van der Waals surface area (Å²) in [6.45, 7) is 0. The van der Waals surface area contributed by atoms with E-state index in [1.807, 2.05) is 72.8 Å². The van der Waals surface area contributed by atoms with Crippen molar-refractivity contribution in [2.24, 2.45) is 10.1 Å². The topological polar surface area (TPSA) is 121 Å². The van der Waals surface area contributed by atoms with Crippen molar-refractivity contribution in [2.75, 3.05) is 7.11 Å². The zero-order valence-corrected chi connectivity index (χ0v) is 22.6. The van der Waals surface area contributed by atoms with Gasteiger partial charge in [0.25, 0.3) is 5.91 Å². The van der Waals surface area contributed by atoms with E-state index in [9.17, 15) is 19.5 Å². The van der Waals surface area contributed by atoms with Gasteiger partial charge in [0, 0.05) is 19.3 Å². The highest BCUT2D eigenvalue weighted by atomic mass is 32.2. The smallest absolute Gasteiger partial charge is 0.326 e. The van der Waals surface area contributed by atoms with Crippen LogP contribution in [0.1, 0.15) is 35.6 Å². The number of carboxylic acids is 1. The summed E-state index contributed by atoms with van der Waals surface area (Å²) in [6, 6.07) is 25.3. The SMILES string of the molecule is COc1ccc(C2=NN(C3=NC(=O)[C@H](CC(=O)N[C@H](Cc4ccccc4)C(=O)O)S3)[C@@H](c3ccccc3)C2)cc1. The van der Waals surface area contributed by atoms with Gasteiger partial charge < -0.3 is 15.2 Å². The lowest BCUT2D eigenvalue weighted by atomic mass is 9.98. The number of aliphatic imine (C=N–C) groups is 1. The number of amidine groups is 1. The fraction of sp³-hybridized carbons (Fsp3) is 0.233. The van der Waals surface area contributed by atoms with Crippen LogP contribution >= 0.6 is 11.8 Å². The largest absolute Gasteiger partial charge is 0.497 e. The van der Waals surface area contributed by atoms with Crippen molar-refractivity contribution in [1.29, 1.82) is 0 Å². The third-order valence-corrected chi connectivity index (χ3v) is 7.87. The van der Waals surface area contributed by atoms with Gasteiger partial charge in [0.1, 0.15) is 17.0 Å². The number of nitrogens with one attached hydrogen (secondary N) is 1. The Kier molecular flexibility index (Phi) is 8.26. The molecule has 0 aliphatic carbocycles. The lowest BCUT2D eigenvalue weighted by Gasteiger charge is -2.23. The van der Waals surface area contributed by atoms with Crippen molar-refractivity contribution in [1.82, 2.24) is 10.3 Å². The molecule has 2 aliphatic heterocycles. The number of carboxylic acid groups (broad SMARTS) is 1. The molecule has 0 fully saturated rings. The first-order chi connectivity index (χ1) is 19.4. The molecule has 3 atom stereocenters. The summed E-state index contributed by atoms with van der Waals surface area (Å²) in [7, 11) is 1.61. The molecule has 10 heteroatoms. The lowest BCUT2D eigenvalue weighted by Crippen LogP contribution is -2.43. The molecule has 0 unspecified atom stereocenters. The Bertz CT molecular complexity index is 1440. The number of nitrogens with zero attached hydrogens (tertiary/aromatic N) is 3. The van der Waals surface area contributed by atoms with Crippen molar-refractivity contribution in [3.8, 4) is 5.75 Å². The monoisotopic (exact) mass is 556 g/mol. The maximum absolute atomic E-state index is 12.9. The number of aliphatic carboxylic acids is 1. The fourth-order valence-corrected chi connectivity index (χ4v) is 5.72. The van der Waals surface area contributed by atoms with E-state index >= 15 is 0 Å². The van der Waals surface area contributed by atoms with E-state index in [0.29, 0.717) is 11.6 Å². The van der Waals surface area contributed by atoms with Gasteiger partial charge in [-0.25, -0.2) is 9.80 Å². The molecule has 3 aromatic carbocycles. The van der Waals surface area contributed by atoms with E-state index in [1.165, 1.54) is 11.8 Å². The van der Waals surface area contributed by atoms with Gasteiger partial charge in [0.05, 0.1) is 18.9 Å². The van der Waals surface area contributed by atoms with Crippen LogP contribution in [0, 0.1) is 0 Å². The van der Waals surface area contributed by atoms with Crippen molar-refractivity contribution in [3.05, 3.63) is 102 Å². The van der Waals surface area contributed by atoms with Crippen LogP contribution in [0.4, 0.5) is 0 Å². The number of benzene rings is 3. The molecule has 2 heterocycles. The summed E-state index contributed by atoms with van der Waals surface area (Å²) in [5.74, 6) is -1.35. The number of methoxy groups -OCH3 is 1. The van der Waals surface area contributed by atoms with Crippen molar-refractivity contribution >= 4 is 40.4 Å². The molecule has 0 saturated carbocycles. The van der Waals surface area contributed by atoms with Gasteiger partial charge in [-0.1, -0.05) is 72.4 Å². The summed E-state index contributed by atoms with van der Waals surface area (Å²) in [5.41, 5.74) is 3.60. The number of hydrogen-bond donors (Lipinski definition) is 2. The summed E-state index contributed by atoms with van der Waals surface area (Å²) in [6.07, 6.45) is 0.563. The van der Waals surface area contributed by atoms with Gasteiger partial charge >= 0.3 is 5.97 Å². The zero-order valence-electron chi connectivity index (χ0n) is 21.8. The molecule has 0 spiro atoms. The Balaban J connectivity index is 1.29. The van der Waals surface area contributed by atoms with Crippen LogP contribution in [-0.4, -0.2) is 57.2 Å². The van der Waals surface area contributed by atoms with E-state index in [1.54, 1.807) is 24.3 Å². The van der Waals surface area contributed by atoms with Gasteiger partial charge in [-0.15, -0.1) is 0 Å². The van der Waals surface area contributed by atoms with E-state index in [-0.39, 0.29) is 18.9 Å². The zero-order chi connectivity index (χ0) is 28.1. The first kappa shape index (κ1) is 27.1. The number of thioether (sulfide) groups is 1. The highest BCUT2D eigenvalue weighted by molar-refractivity contribution is 8.15. The van der Waals surface area contributed by atoms with Gasteiger partial charge in [0.2, 0.25) is 5.91 Å². The Morgan fingerprint density at radius 3 is 2.38 bits per heavy atom. The van der Waals surface area contributed by atoms with E-state index in [4.69, 9.17) is 9.84 Å². The predicted molar refractivity (Wildman–Crippen MR) is 153 cm³/mol. The molecule has 0 saturated heterocycles. The van der Waals surface area contributed by atoms with Gasteiger partial charge in [-0.3, -0.25) is 9.59 Å². The molecule has 0 aromatic heterocycles. The van der Waals surface area contributed by atoms with Crippen LogP contribution in [0.15, 0.2) is 95.0 Å². The summed E-state index contributed by atoms with van der Waals surface area (Å²) in [5, 5.41) is 18.4. The van der Waals surface area contributed by atoms with Crippen LogP contribution in [0.25, 0.3) is 0 Å². The first-order valence-electron chi connectivity index (χ1n) is 12.8. The normalized spacial score (nSPS) is 19.1. The maximum Gasteiger partial charge on any atom is 0.326 e.